The average molecular weight is 274 g/mol. The Kier molecular flexibility index (Phi) is 3.22. The maximum atomic E-state index is 13.8. The minimum Gasteiger partial charge on any atom is -0.394 e. The minimum absolute atomic E-state index is 0.0829. The van der Waals surface area contributed by atoms with Crippen molar-refractivity contribution in [1.82, 2.24) is 0 Å². The van der Waals surface area contributed by atoms with Crippen LogP contribution in [-0.2, 0) is 0 Å². The quantitative estimate of drug-likeness (QED) is 0.760. The van der Waals surface area contributed by atoms with Crippen LogP contribution < -0.4 is 5.73 Å². The fourth-order valence-corrected chi connectivity index (χ4v) is 2.12. The summed E-state index contributed by atoms with van der Waals surface area (Å²) in [5.74, 6) is -1.67. The molecule has 0 amide bonds. The van der Waals surface area contributed by atoms with Gasteiger partial charge < -0.3 is 5.73 Å². The summed E-state index contributed by atoms with van der Waals surface area (Å²) in [6.45, 7) is 0. The van der Waals surface area contributed by atoms with E-state index in [1.54, 1.807) is 18.2 Å². The first-order valence-electron chi connectivity index (χ1n) is 4.70. The van der Waals surface area contributed by atoms with Gasteiger partial charge in [0.05, 0.1) is 0 Å². The molecule has 0 aliphatic rings. The molecule has 0 aromatic heterocycles. The van der Waals surface area contributed by atoms with Crippen molar-refractivity contribution >= 4 is 28.9 Å². The first kappa shape index (κ1) is 12.1. The predicted octanol–water partition coefficient (Wildman–Crippen LogP) is 4.52. The van der Waals surface area contributed by atoms with Crippen molar-refractivity contribution in [2.45, 2.75) is 0 Å². The van der Waals surface area contributed by atoms with E-state index in [1.807, 2.05) is 0 Å². The number of hydrogen-bond acceptors (Lipinski definition) is 1. The number of hydrogen-bond donors (Lipinski definition) is 1. The van der Waals surface area contributed by atoms with Gasteiger partial charge in [0.2, 0.25) is 0 Å². The molecule has 2 aromatic rings. The molecule has 0 saturated heterocycles. The Morgan fingerprint density at radius 2 is 1.53 bits per heavy atom. The summed E-state index contributed by atoms with van der Waals surface area (Å²) >= 11 is 11.9. The van der Waals surface area contributed by atoms with Gasteiger partial charge in [0.15, 0.2) is 5.82 Å². The topological polar surface area (TPSA) is 26.0 Å². The molecule has 2 N–H and O–H groups in total. The van der Waals surface area contributed by atoms with Gasteiger partial charge in [-0.15, -0.1) is 0 Å². The van der Waals surface area contributed by atoms with Crippen molar-refractivity contribution in [3.8, 4) is 11.1 Å². The highest BCUT2D eigenvalue weighted by molar-refractivity contribution is 6.39. The van der Waals surface area contributed by atoms with Gasteiger partial charge in [0.25, 0.3) is 0 Å². The van der Waals surface area contributed by atoms with Gasteiger partial charge in [0.1, 0.15) is 11.5 Å². The molecule has 0 heterocycles. The SMILES string of the molecule is Nc1c(F)ccc(-c2c(Cl)cccc2Cl)c1F. The highest BCUT2D eigenvalue weighted by Gasteiger charge is 2.16. The molecule has 0 radical (unpaired) electrons. The number of anilines is 1. The van der Waals surface area contributed by atoms with Crippen LogP contribution in [0.1, 0.15) is 0 Å². The van der Waals surface area contributed by atoms with E-state index < -0.39 is 17.3 Å². The molecule has 5 heteroatoms. The van der Waals surface area contributed by atoms with E-state index in [0.717, 1.165) is 6.07 Å². The molecule has 1 nitrogen and oxygen atoms in total. The van der Waals surface area contributed by atoms with E-state index in [2.05, 4.69) is 0 Å². The number of halogens is 4. The van der Waals surface area contributed by atoms with E-state index in [-0.39, 0.29) is 15.6 Å². The molecule has 2 aromatic carbocycles. The summed E-state index contributed by atoms with van der Waals surface area (Å²) in [5, 5.41) is 0.560. The van der Waals surface area contributed by atoms with Crippen LogP contribution in [0.5, 0.6) is 0 Å². The number of nitrogens with two attached hydrogens (primary N) is 1. The Labute approximate surface area is 107 Å². The number of rotatable bonds is 1. The van der Waals surface area contributed by atoms with Crippen LogP contribution in [0, 0.1) is 11.6 Å². The van der Waals surface area contributed by atoms with Crippen LogP contribution in [0.3, 0.4) is 0 Å². The standard InChI is InChI=1S/C12H7Cl2F2N/c13-7-2-1-3-8(14)10(7)6-4-5-9(15)12(17)11(6)16/h1-5H,17H2. The molecule has 0 aliphatic heterocycles. The smallest absolute Gasteiger partial charge is 0.157 e. The third-order valence-electron chi connectivity index (χ3n) is 2.36. The van der Waals surface area contributed by atoms with Crippen molar-refractivity contribution in [1.29, 1.82) is 0 Å². The molecule has 0 unspecified atom stereocenters. The van der Waals surface area contributed by atoms with Crippen molar-refractivity contribution in [2.75, 3.05) is 5.73 Å². The summed E-state index contributed by atoms with van der Waals surface area (Å²) in [6, 6.07) is 7.12. The third-order valence-corrected chi connectivity index (χ3v) is 2.99. The van der Waals surface area contributed by atoms with Crippen molar-refractivity contribution in [2.24, 2.45) is 0 Å². The third kappa shape index (κ3) is 2.08. The minimum atomic E-state index is -0.861. The van der Waals surface area contributed by atoms with Gasteiger partial charge in [-0.3, -0.25) is 0 Å². The lowest BCUT2D eigenvalue weighted by Crippen LogP contribution is -1.98. The molecule has 17 heavy (non-hydrogen) atoms. The first-order valence-corrected chi connectivity index (χ1v) is 5.46. The van der Waals surface area contributed by atoms with E-state index >= 15 is 0 Å². The van der Waals surface area contributed by atoms with E-state index in [1.165, 1.54) is 6.07 Å². The molecule has 2 rings (SSSR count). The lowest BCUT2D eigenvalue weighted by atomic mass is 10.0. The van der Waals surface area contributed by atoms with E-state index in [9.17, 15) is 8.78 Å². The second-order valence-electron chi connectivity index (χ2n) is 3.42. The molecule has 88 valence electrons. The Morgan fingerprint density at radius 1 is 0.941 bits per heavy atom. The lowest BCUT2D eigenvalue weighted by molar-refractivity contribution is 0.594. The van der Waals surface area contributed by atoms with Gasteiger partial charge in [-0.25, -0.2) is 8.78 Å². The Bertz CT molecular complexity index is 565. The first-order chi connectivity index (χ1) is 8.02. The van der Waals surface area contributed by atoms with Gasteiger partial charge in [-0.05, 0) is 24.3 Å². The summed E-state index contributed by atoms with van der Waals surface area (Å²) in [4.78, 5) is 0. The summed E-state index contributed by atoms with van der Waals surface area (Å²) < 4.78 is 26.9. The Morgan fingerprint density at radius 3 is 2.12 bits per heavy atom. The molecule has 0 spiro atoms. The fourth-order valence-electron chi connectivity index (χ4n) is 1.52. The van der Waals surface area contributed by atoms with Gasteiger partial charge in [0, 0.05) is 21.2 Å². The van der Waals surface area contributed by atoms with Crippen LogP contribution in [0.4, 0.5) is 14.5 Å². The summed E-state index contributed by atoms with van der Waals surface area (Å²) in [7, 11) is 0. The van der Waals surface area contributed by atoms with E-state index in [4.69, 9.17) is 28.9 Å². The maximum absolute atomic E-state index is 13.8. The number of nitrogen functional groups attached to an aromatic ring is 1. The van der Waals surface area contributed by atoms with Gasteiger partial charge in [-0.1, -0.05) is 29.3 Å². The van der Waals surface area contributed by atoms with Crippen molar-refractivity contribution < 1.29 is 8.78 Å². The van der Waals surface area contributed by atoms with Gasteiger partial charge >= 0.3 is 0 Å². The fraction of sp³-hybridized carbons (Fsp3) is 0. The second kappa shape index (κ2) is 4.51. The van der Waals surface area contributed by atoms with Crippen LogP contribution in [-0.4, -0.2) is 0 Å². The van der Waals surface area contributed by atoms with Crippen molar-refractivity contribution in [3.63, 3.8) is 0 Å². The Balaban J connectivity index is 2.74. The van der Waals surface area contributed by atoms with Crippen LogP contribution in [0.15, 0.2) is 30.3 Å². The average Bonchev–Trinajstić information content (AvgIpc) is 2.29. The van der Waals surface area contributed by atoms with E-state index in [0.29, 0.717) is 5.56 Å². The lowest BCUT2D eigenvalue weighted by Gasteiger charge is -2.10. The monoisotopic (exact) mass is 273 g/mol. The van der Waals surface area contributed by atoms with Crippen molar-refractivity contribution in [3.05, 3.63) is 52.0 Å². The van der Waals surface area contributed by atoms with Gasteiger partial charge in [-0.2, -0.15) is 0 Å². The summed E-state index contributed by atoms with van der Waals surface area (Å²) in [6.07, 6.45) is 0. The normalized spacial score (nSPS) is 10.6. The molecule has 0 bridgehead atoms. The molecule has 0 aliphatic carbocycles. The maximum Gasteiger partial charge on any atom is 0.157 e. The molecular weight excluding hydrogens is 267 g/mol. The zero-order valence-corrected chi connectivity index (χ0v) is 9.99. The molecule has 0 saturated carbocycles. The number of benzene rings is 2. The van der Waals surface area contributed by atoms with Crippen LogP contribution >= 0.6 is 23.2 Å². The van der Waals surface area contributed by atoms with Crippen LogP contribution in [0.25, 0.3) is 11.1 Å². The van der Waals surface area contributed by atoms with Crippen LogP contribution in [0.2, 0.25) is 10.0 Å². The highest BCUT2D eigenvalue weighted by atomic mass is 35.5. The molecule has 0 fully saturated rings. The zero-order chi connectivity index (χ0) is 12.6. The molecule has 0 atom stereocenters. The highest BCUT2D eigenvalue weighted by Crippen LogP contribution is 2.37. The molecular formula is C12H7Cl2F2N. The largest absolute Gasteiger partial charge is 0.394 e. The zero-order valence-electron chi connectivity index (χ0n) is 8.48. The predicted molar refractivity (Wildman–Crippen MR) is 66.2 cm³/mol. The Hall–Kier alpha value is -1.32. The second-order valence-corrected chi connectivity index (χ2v) is 4.23. The summed E-state index contributed by atoms with van der Waals surface area (Å²) in [5.41, 5.74) is 5.13.